The molecular formula is C27H33N7O2. The SMILES string of the molecule is CNC(=O)c1ccc2c(c1)CCc1cc(C(=O)NC)ccc1C2(C[C@H](N)C1CCCC1)c1nn[nH]n1. The van der Waals surface area contributed by atoms with Crippen molar-refractivity contribution in [2.75, 3.05) is 14.1 Å². The number of aromatic nitrogens is 4. The quantitative estimate of drug-likeness (QED) is 0.421. The third-order valence-electron chi connectivity index (χ3n) is 8.05. The molecule has 188 valence electrons. The van der Waals surface area contributed by atoms with Crippen molar-refractivity contribution in [1.82, 2.24) is 31.3 Å². The van der Waals surface area contributed by atoms with E-state index in [0.717, 1.165) is 35.1 Å². The maximum atomic E-state index is 12.5. The molecular weight excluding hydrogens is 454 g/mol. The first kappa shape index (κ1) is 24.1. The van der Waals surface area contributed by atoms with Crippen molar-refractivity contribution in [1.29, 1.82) is 0 Å². The van der Waals surface area contributed by atoms with E-state index >= 15 is 0 Å². The van der Waals surface area contributed by atoms with Crippen LogP contribution in [0.5, 0.6) is 0 Å². The molecule has 0 unspecified atom stereocenters. The van der Waals surface area contributed by atoms with Gasteiger partial charge in [0.05, 0.1) is 5.41 Å². The molecule has 2 aromatic carbocycles. The first-order valence-corrected chi connectivity index (χ1v) is 12.7. The predicted molar refractivity (Wildman–Crippen MR) is 136 cm³/mol. The van der Waals surface area contributed by atoms with Crippen LogP contribution < -0.4 is 16.4 Å². The van der Waals surface area contributed by atoms with Crippen LogP contribution in [-0.4, -0.2) is 52.6 Å². The molecule has 5 rings (SSSR count). The number of fused-ring (bicyclic) bond motifs is 2. The average molecular weight is 488 g/mol. The van der Waals surface area contributed by atoms with Crippen LogP contribution in [0.4, 0.5) is 0 Å². The molecule has 3 aromatic rings. The Hall–Kier alpha value is -3.59. The van der Waals surface area contributed by atoms with Gasteiger partial charge in [0.1, 0.15) is 0 Å². The minimum atomic E-state index is -0.765. The molecule has 0 radical (unpaired) electrons. The van der Waals surface area contributed by atoms with Crippen LogP contribution in [0.1, 0.15) is 80.9 Å². The number of hydrogen-bond acceptors (Lipinski definition) is 6. The highest BCUT2D eigenvalue weighted by Gasteiger charge is 2.46. The number of rotatable bonds is 6. The predicted octanol–water partition coefficient (Wildman–Crippen LogP) is 2.26. The van der Waals surface area contributed by atoms with Crippen molar-refractivity contribution in [3.05, 3.63) is 75.6 Å². The molecule has 2 aliphatic carbocycles. The van der Waals surface area contributed by atoms with Gasteiger partial charge in [0, 0.05) is 31.3 Å². The fourth-order valence-corrected chi connectivity index (χ4v) is 6.22. The summed E-state index contributed by atoms with van der Waals surface area (Å²) in [6.45, 7) is 0. The molecule has 2 aliphatic rings. The Morgan fingerprint density at radius 1 is 1.00 bits per heavy atom. The number of aryl methyl sites for hydroxylation is 2. The van der Waals surface area contributed by atoms with Crippen molar-refractivity contribution in [2.45, 2.75) is 56.4 Å². The fraction of sp³-hybridized carbons (Fsp3) is 0.444. The van der Waals surface area contributed by atoms with E-state index in [1.165, 1.54) is 12.8 Å². The number of benzene rings is 2. The Bertz CT molecular complexity index is 1200. The molecule has 1 saturated carbocycles. The highest BCUT2D eigenvalue weighted by atomic mass is 16.2. The van der Waals surface area contributed by atoms with Gasteiger partial charge in [-0.1, -0.05) is 30.2 Å². The first-order chi connectivity index (χ1) is 17.5. The van der Waals surface area contributed by atoms with Crippen LogP contribution in [0.15, 0.2) is 36.4 Å². The number of nitrogens with zero attached hydrogens (tertiary/aromatic N) is 3. The minimum Gasteiger partial charge on any atom is -0.355 e. The van der Waals surface area contributed by atoms with Crippen molar-refractivity contribution in [2.24, 2.45) is 11.7 Å². The number of aromatic amines is 1. The number of H-pyrrole nitrogens is 1. The van der Waals surface area contributed by atoms with Gasteiger partial charge in [-0.15, -0.1) is 10.2 Å². The van der Waals surface area contributed by atoms with Gasteiger partial charge in [0.15, 0.2) is 5.82 Å². The Labute approximate surface area is 210 Å². The van der Waals surface area contributed by atoms with Gasteiger partial charge in [-0.25, -0.2) is 0 Å². The number of nitrogens with one attached hydrogen (secondary N) is 3. The lowest BCUT2D eigenvalue weighted by Gasteiger charge is -2.37. The number of tetrazole rings is 1. The summed E-state index contributed by atoms with van der Waals surface area (Å²) in [5.74, 6) is 0.725. The molecule has 0 saturated heterocycles. The second-order valence-corrected chi connectivity index (χ2v) is 9.96. The van der Waals surface area contributed by atoms with E-state index in [0.29, 0.717) is 42.1 Å². The number of carbonyl (C=O) groups is 2. The number of hydrogen-bond donors (Lipinski definition) is 4. The Kier molecular flexibility index (Phi) is 6.57. The molecule has 0 aliphatic heterocycles. The molecule has 9 nitrogen and oxygen atoms in total. The Morgan fingerprint density at radius 3 is 2.03 bits per heavy atom. The van der Waals surface area contributed by atoms with Gasteiger partial charge in [0.2, 0.25) is 0 Å². The number of carbonyl (C=O) groups excluding carboxylic acids is 2. The molecule has 1 aromatic heterocycles. The third-order valence-corrected chi connectivity index (χ3v) is 8.05. The van der Waals surface area contributed by atoms with Gasteiger partial charge < -0.3 is 16.4 Å². The first-order valence-electron chi connectivity index (χ1n) is 12.7. The third kappa shape index (κ3) is 4.07. The van der Waals surface area contributed by atoms with E-state index in [1.807, 2.05) is 36.4 Å². The average Bonchev–Trinajstić information content (AvgIpc) is 3.63. The van der Waals surface area contributed by atoms with Crippen molar-refractivity contribution < 1.29 is 9.59 Å². The fourth-order valence-electron chi connectivity index (χ4n) is 6.22. The summed E-state index contributed by atoms with van der Waals surface area (Å²) in [4.78, 5) is 25.0. The molecule has 1 heterocycles. The zero-order valence-corrected chi connectivity index (χ0v) is 20.8. The van der Waals surface area contributed by atoms with Gasteiger partial charge in [-0.05, 0) is 84.5 Å². The van der Waals surface area contributed by atoms with Gasteiger partial charge >= 0.3 is 0 Å². The molecule has 2 amide bonds. The van der Waals surface area contributed by atoms with Gasteiger partial charge in [0.25, 0.3) is 11.8 Å². The topological polar surface area (TPSA) is 139 Å². The van der Waals surface area contributed by atoms with Crippen LogP contribution >= 0.6 is 0 Å². The number of amides is 2. The van der Waals surface area contributed by atoms with Crippen LogP contribution in [0, 0.1) is 5.92 Å². The lowest BCUT2D eigenvalue weighted by molar-refractivity contribution is 0.0955. The van der Waals surface area contributed by atoms with E-state index < -0.39 is 5.41 Å². The summed E-state index contributed by atoms with van der Waals surface area (Å²) in [6, 6.07) is 11.6. The second kappa shape index (κ2) is 9.81. The van der Waals surface area contributed by atoms with Crippen LogP contribution in [0.25, 0.3) is 0 Å². The standard InChI is InChI=1S/C27H33N7O2/c1-29-24(35)19-9-11-21-17(13-19)7-8-18-14-20(25(36)30-2)10-12-22(18)27(21,26-31-33-34-32-26)15-23(28)16-5-3-4-6-16/h9-14,16,23H,3-8,15,28H2,1-2H3,(H,29,35)(H,30,36)(H,31,32,33,34)/t23-/m0/s1. The van der Waals surface area contributed by atoms with E-state index in [4.69, 9.17) is 5.73 Å². The van der Waals surface area contributed by atoms with E-state index in [-0.39, 0.29) is 17.9 Å². The molecule has 36 heavy (non-hydrogen) atoms. The van der Waals surface area contributed by atoms with Crippen LogP contribution in [0.2, 0.25) is 0 Å². The molecule has 5 N–H and O–H groups in total. The highest BCUT2D eigenvalue weighted by molar-refractivity contribution is 5.95. The van der Waals surface area contributed by atoms with Crippen molar-refractivity contribution in [3.63, 3.8) is 0 Å². The molecule has 0 spiro atoms. The maximum Gasteiger partial charge on any atom is 0.251 e. The summed E-state index contributed by atoms with van der Waals surface area (Å²) in [7, 11) is 3.27. The van der Waals surface area contributed by atoms with Crippen LogP contribution in [-0.2, 0) is 18.3 Å². The molecule has 0 bridgehead atoms. The summed E-state index contributed by atoms with van der Waals surface area (Å²) >= 11 is 0. The van der Waals surface area contributed by atoms with E-state index in [1.54, 1.807) is 14.1 Å². The van der Waals surface area contributed by atoms with E-state index in [2.05, 4.69) is 31.3 Å². The minimum absolute atomic E-state index is 0.0676. The van der Waals surface area contributed by atoms with Gasteiger partial charge in [-0.3, -0.25) is 9.59 Å². The molecule has 1 atom stereocenters. The maximum absolute atomic E-state index is 12.5. The molecule has 9 heteroatoms. The smallest absolute Gasteiger partial charge is 0.251 e. The zero-order chi connectivity index (χ0) is 25.3. The lowest BCUT2D eigenvalue weighted by atomic mass is 9.66. The summed E-state index contributed by atoms with van der Waals surface area (Å²) in [5.41, 5.74) is 11.6. The summed E-state index contributed by atoms with van der Waals surface area (Å²) < 4.78 is 0. The zero-order valence-electron chi connectivity index (χ0n) is 20.8. The Balaban J connectivity index is 1.75. The van der Waals surface area contributed by atoms with E-state index in [9.17, 15) is 9.59 Å². The number of nitrogens with two attached hydrogens (primary N) is 1. The highest BCUT2D eigenvalue weighted by Crippen LogP contribution is 2.48. The van der Waals surface area contributed by atoms with Crippen LogP contribution in [0.3, 0.4) is 0 Å². The second-order valence-electron chi connectivity index (χ2n) is 9.96. The summed E-state index contributed by atoms with van der Waals surface area (Å²) in [6.07, 6.45) is 6.67. The van der Waals surface area contributed by atoms with Crippen molar-refractivity contribution in [3.8, 4) is 0 Å². The van der Waals surface area contributed by atoms with Crippen molar-refractivity contribution >= 4 is 11.8 Å². The lowest BCUT2D eigenvalue weighted by Crippen LogP contribution is -2.42. The monoisotopic (exact) mass is 487 g/mol. The normalized spacial score (nSPS) is 17.5. The van der Waals surface area contributed by atoms with Gasteiger partial charge in [-0.2, -0.15) is 5.21 Å². The Morgan fingerprint density at radius 2 is 1.56 bits per heavy atom. The largest absolute Gasteiger partial charge is 0.355 e. The summed E-state index contributed by atoms with van der Waals surface area (Å²) in [5, 5.41) is 21.1. The molecule has 1 fully saturated rings.